The van der Waals surface area contributed by atoms with Crippen LogP contribution in [0.2, 0.25) is 0 Å². The van der Waals surface area contributed by atoms with Crippen molar-refractivity contribution in [3.05, 3.63) is 88.7 Å². The van der Waals surface area contributed by atoms with Gasteiger partial charge in [-0.15, -0.1) is 11.3 Å². The van der Waals surface area contributed by atoms with Gasteiger partial charge in [0, 0.05) is 17.7 Å². The number of allylic oxidation sites excluding steroid dienone is 1. The number of sulfonamides is 1. The van der Waals surface area contributed by atoms with Crippen LogP contribution in [0.5, 0.6) is 0 Å². The van der Waals surface area contributed by atoms with Crippen LogP contribution in [0, 0.1) is 11.2 Å². The Kier molecular flexibility index (Phi) is 5.17. The van der Waals surface area contributed by atoms with Gasteiger partial charge in [-0.1, -0.05) is 44.2 Å². The molecule has 0 saturated heterocycles. The molecule has 1 aromatic heterocycles. The number of thiophene rings is 1. The van der Waals surface area contributed by atoms with Gasteiger partial charge in [-0.3, -0.25) is 9.10 Å². The van der Waals surface area contributed by atoms with Crippen molar-refractivity contribution in [1.29, 1.82) is 0 Å². The van der Waals surface area contributed by atoms with Crippen LogP contribution in [0.4, 0.5) is 15.8 Å². The zero-order chi connectivity index (χ0) is 23.4. The lowest BCUT2D eigenvalue weighted by molar-refractivity contribution is -0.118. The van der Waals surface area contributed by atoms with Crippen LogP contribution in [0.25, 0.3) is 0 Å². The summed E-state index contributed by atoms with van der Waals surface area (Å²) >= 11 is 1.12. The maximum Gasteiger partial charge on any atom is 0.274 e. The fourth-order valence-electron chi connectivity index (χ4n) is 4.68. The van der Waals surface area contributed by atoms with E-state index in [1.165, 1.54) is 16.4 Å². The van der Waals surface area contributed by atoms with Crippen molar-refractivity contribution in [3.8, 4) is 0 Å². The van der Waals surface area contributed by atoms with E-state index in [9.17, 15) is 17.6 Å². The molecule has 3 aromatic rings. The highest BCUT2D eigenvalue weighted by Gasteiger charge is 2.45. The molecule has 0 amide bonds. The van der Waals surface area contributed by atoms with Gasteiger partial charge in [0.15, 0.2) is 5.78 Å². The molecule has 0 bridgehead atoms. The summed E-state index contributed by atoms with van der Waals surface area (Å²) in [5.41, 5.74) is 2.45. The van der Waals surface area contributed by atoms with Gasteiger partial charge in [0.1, 0.15) is 16.1 Å². The number of nitrogens with zero attached hydrogens (tertiary/aromatic N) is 1. The zero-order valence-electron chi connectivity index (χ0n) is 18.2. The minimum absolute atomic E-state index is 0.109. The third-order valence-corrected chi connectivity index (χ3v) is 9.20. The van der Waals surface area contributed by atoms with E-state index >= 15 is 0 Å². The molecule has 0 saturated carbocycles. The molecule has 2 aromatic carbocycles. The number of carbonyl (C=O) groups excluding carboxylic acids is 1. The number of nitrogens with one attached hydrogen (secondary N) is 1. The van der Waals surface area contributed by atoms with Gasteiger partial charge in [0.2, 0.25) is 0 Å². The lowest BCUT2D eigenvalue weighted by Gasteiger charge is -2.37. The van der Waals surface area contributed by atoms with Crippen LogP contribution < -0.4 is 9.62 Å². The molecule has 1 atom stereocenters. The highest BCUT2D eigenvalue weighted by Crippen LogP contribution is 2.50. The van der Waals surface area contributed by atoms with Crippen molar-refractivity contribution < 1.29 is 17.6 Å². The van der Waals surface area contributed by atoms with Crippen molar-refractivity contribution in [3.63, 3.8) is 0 Å². The Balaban J connectivity index is 1.84. The molecule has 170 valence electrons. The van der Waals surface area contributed by atoms with Gasteiger partial charge in [0.25, 0.3) is 10.0 Å². The number of anilines is 2. The maximum absolute atomic E-state index is 14.0. The lowest BCUT2D eigenvalue weighted by atomic mass is 9.73. The second kappa shape index (κ2) is 7.81. The first-order valence-corrected chi connectivity index (χ1v) is 13.0. The molecule has 0 radical (unpaired) electrons. The summed E-state index contributed by atoms with van der Waals surface area (Å²) in [6.45, 7) is 4.06. The van der Waals surface area contributed by atoms with Crippen molar-refractivity contribution in [2.24, 2.45) is 5.41 Å². The third-order valence-electron chi connectivity index (χ3n) is 6.05. The molecule has 2 aliphatic rings. The summed E-state index contributed by atoms with van der Waals surface area (Å²) in [5, 5.41) is 5.10. The molecular formula is C25H23FN2O3S2. The molecule has 2 heterocycles. The fourth-order valence-corrected chi connectivity index (χ4v) is 7.39. The first-order valence-electron chi connectivity index (χ1n) is 10.6. The lowest BCUT2D eigenvalue weighted by Crippen LogP contribution is -2.39. The number of benzene rings is 2. The SMILES string of the molecule is CC1(C)CC(=O)C2=C(C1)Nc1ccccc1N(S(=O)(=O)c1cccs1)[C@@H]2c1ccc(F)cc1. The number of ketones is 1. The summed E-state index contributed by atoms with van der Waals surface area (Å²) in [5.74, 6) is -0.536. The van der Waals surface area contributed by atoms with E-state index in [-0.39, 0.29) is 15.4 Å². The smallest absolute Gasteiger partial charge is 0.274 e. The van der Waals surface area contributed by atoms with E-state index in [1.54, 1.807) is 41.8 Å². The van der Waals surface area contributed by atoms with Crippen LogP contribution in [-0.4, -0.2) is 14.2 Å². The number of hydrogen-bond donors (Lipinski definition) is 1. The Hall–Kier alpha value is -2.97. The van der Waals surface area contributed by atoms with Gasteiger partial charge in [-0.25, -0.2) is 12.8 Å². The highest BCUT2D eigenvalue weighted by atomic mass is 32.2. The van der Waals surface area contributed by atoms with Crippen LogP contribution >= 0.6 is 11.3 Å². The van der Waals surface area contributed by atoms with Crippen LogP contribution in [0.1, 0.15) is 38.3 Å². The number of rotatable bonds is 3. The molecule has 1 N–H and O–H groups in total. The van der Waals surface area contributed by atoms with Gasteiger partial charge in [-0.05, 0) is 53.1 Å². The molecule has 5 rings (SSSR count). The Morgan fingerprint density at radius 1 is 1.03 bits per heavy atom. The summed E-state index contributed by atoms with van der Waals surface area (Å²) < 4.78 is 43.4. The summed E-state index contributed by atoms with van der Waals surface area (Å²) in [4.78, 5) is 13.6. The number of hydrogen-bond acceptors (Lipinski definition) is 5. The Morgan fingerprint density at radius 3 is 2.45 bits per heavy atom. The molecule has 33 heavy (non-hydrogen) atoms. The van der Waals surface area contributed by atoms with Gasteiger partial charge >= 0.3 is 0 Å². The number of fused-ring (bicyclic) bond motifs is 1. The molecule has 1 aliphatic heterocycles. The predicted molar refractivity (Wildman–Crippen MR) is 128 cm³/mol. The zero-order valence-corrected chi connectivity index (χ0v) is 19.8. The Morgan fingerprint density at radius 2 is 1.76 bits per heavy atom. The number of Topliss-reactive ketones (excluding diaryl/α,β-unsaturated/α-hetero) is 1. The largest absolute Gasteiger partial charge is 0.357 e. The average Bonchev–Trinajstić information content (AvgIpc) is 3.25. The maximum atomic E-state index is 14.0. The van der Waals surface area contributed by atoms with E-state index in [4.69, 9.17) is 0 Å². The van der Waals surface area contributed by atoms with Gasteiger partial charge in [0.05, 0.1) is 11.4 Å². The molecule has 1 aliphatic carbocycles. The molecule has 0 fully saturated rings. The van der Waals surface area contributed by atoms with E-state index in [0.29, 0.717) is 41.1 Å². The van der Waals surface area contributed by atoms with E-state index in [0.717, 1.165) is 11.3 Å². The van der Waals surface area contributed by atoms with Crippen molar-refractivity contribution >= 4 is 38.5 Å². The molecule has 8 heteroatoms. The normalized spacial score (nSPS) is 20.0. The molecule has 5 nitrogen and oxygen atoms in total. The van der Waals surface area contributed by atoms with Crippen LogP contribution in [0.15, 0.2) is 81.5 Å². The van der Waals surface area contributed by atoms with Gasteiger partial charge < -0.3 is 5.32 Å². The first kappa shape index (κ1) is 21.9. The quantitative estimate of drug-likeness (QED) is 0.505. The third kappa shape index (κ3) is 3.77. The van der Waals surface area contributed by atoms with Gasteiger partial charge in [-0.2, -0.15) is 0 Å². The summed E-state index contributed by atoms with van der Waals surface area (Å²) in [6, 6.07) is 15.2. The number of para-hydroxylation sites is 2. The fraction of sp³-hybridized carbons (Fsp3) is 0.240. The summed E-state index contributed by atoms with van der Waals surface area (Å²) in [6.07, 6.45) is 0.890. The van der Waals surface area contributed by atoms with Crippen molar-refractivity contribution in [2.75, 3.05) is 9.62 Å². The molecule has 0 unspecified atom stereocenters. The first-order chi connectivity index (χ1) is 15.7. The Labute approximate surface area is 196 Å². The van der Waals surface area contributed by atoms with Crippen LogP contribution in [-0.2, 0) is 14.8 Å². The molecule has 0 spiro atoms. The Bertz CT molecular complexity index is 1360. The minimum Gasteiger partial charge on any atom is -0.357 e. The monoisotopic (exact) mass is 482 g/mol. The average molecular weight is 483 g/mol. The summed E-state index contributed by atoms with van der Waals surface area (Å²) in [7, 11) is -4.03. The second-order valence-corrected chi connectivity index (χ2v) is 12.2. The van der Waals surface area contributed by atoms with E-state index < -0.39 is 21.9 Å². The van der Waals surface area contributed by atoms with Crippen LogP contribution in [0.3, 0.4) is 0 Å². The van der Waals surface area contributed by atoms with E-state index in [1.807, 2.05) is 26.0 Å². The standard InChI is InChI=1S/C25H23FN2O3S2/c1-25(2)14-19-23(21(29)15-25)24(16-9-11-17(26)12-10-16)28(20-7-4-3-6-18(20)27-19)33(30,31)22-8-5-13-32-22/h3-13,24,27H,14-15H2,1-2H3/t24-/m1/s1. The predicted octanol–water partition coefficient (Wildman–Crippen LogP) is 5.89. The minimum atomic E-state index is -4.03. The second-order valence-electron chi connectivity index (χ2n) is 9.16. The topological polar surface area (TPSA) is 66.5 Å². The van der Waals surface area contributed by atoms with E-state index in [2.05, 4.69) is 5.32 Å². The van der Waals surface area contributed by atoms with Crippen molar-refractivity contribution in [1.82, 2.24) is 0 Å². The van der Waals surface area contributed by atoms with Crippen molar-refractivity contribution in [2.45, 2.75) is 36.9 Å². The number of halogens is 1. The molecular weight excluding hydrogens is 459 g/mol. The highest BCUT2D eigenvalue weighted by molar-refractivity contribution is 7.94. The number of carbonyl (C=O) groups is 1.